The van der Waals surface area contributed by atoms with Gasteiger partial charge in [0.05, 0.1) is 6.54 Å². The molecule has 146 valence electrons. The molecule has 1 aliphatic rings. The first-order valence-corrected chi connectivity index (χ1v) is 9.08. The van der Waals surface area contributed by atoms with Crippen LogP contribution in [-0.2, 0) is 9.59 Å². The number of nitrogens with one attached hydrogen (secondary N) is 2. The summed E-state index contributed by atoms with van der Waals surface area (Å²) in [5.74, 6) is 0.143. The SMILES string of the molecule is CCN(CCC(=O)N1CCNCC1)CC(=O)Nc1c(C)cccc1C.Cl. The molecule has 6 nitrogen and oxygen atoms in total. The van der Waals surface area contributed by atoms with Crippen molar-refractivity contribution in [3.05, 3.63) is 29.3 Å². The number of amides is 2. The maximum absolute atomic E-state index is 12.4. The van der Waals surface area contributed by atoms with E-state index in [1.165, 1.54) is 0 Å². The molecule has 1 aromatic rings. The van der Waals surface area contributed by atoms with Crippen molar-refractivity contribution in [1.82, 2.24) is 15.1 Å². The zero-order valence-corrected chi connectivity index (χ0v) is 16.8. The lowest BCUT2D eigenvalue weighted by molar-refractivity contribution is -0.132. The molecule has 1 aliphatic heterocycles. The molecule has 0 aromatic heterocycles. The lowest BCUT2D eigenvalue weighted by atomic mass is 10.1. The Labute approximate surface area is 162 Å². The van der Waals surface area contributed by atoms with Crippen LogP contribution in [0.5, 0.6) is 0 Å². The highest BCUT2D eigenvalue weighted by atomic mass is 35.5. The van der Waals surface area contributed by atoms with Gasteiger partial charge < -0.3 is 15.5 Å². The topological polar surface area (TPSA) is 64.7 Å². The maximum atomic E-state index is 12.4. The average Bonchev–Trinajstić information content (AvgIpc) is 2.62. The summed E-state index contributed by atoms with van der Waals surface area (Å²) in [6.07, 6.45) is 0.463. The first-order valence-electron chi connectivity index (χ1n) is 9.08. The van der Waals surface area contributed by atoms with Gasteiger partial charge in [-0.3, -0.25) is 14.5 Å². The summed E-state index contributed by atoms with van der Waals surface area (Å²) in [5.41, 5.74) is 3.01. The number of para-hydroxylation sites is 1. The van der Waals surface area contributed by atoms with Crippen LogP contribution >= 0.6 is 12.4 Å². The summed E-state index contributed by atoms with van der Waals surface area (Å²) in [4.78, 5) is 28.6. The number of benzene rings is 1. The number of aryl methyl sites for hydroxylation is 2. The molecule has 0 saturated carbocycles. The molecule has 2 rings (SSSR count). The van der Waals surface area contributed by atoms with E-state index in [4.69, 9.17) is 0 Å². The molecule has 2 amide bonds. The number of piperazine rings is 1. The lowest BCUT2D eigenvalue weighted by Gasteiger charge is -2.28. The smallest absolute Gasteiger partial charge is 0.238 e. The molecule has 0 aliphatic carbocycles. The Kier molecular flexibility index (Phi) is 9.62. The van der Waals surface area contributed by atoms with Crippen LogP contribution < -0.4 is 10.6 Å². The summed E-state index contributed by atoms with van der Waals surface area (Å²) in [6, 6.07) is 5.97. The van der Waals surface area contributed by atoms with Gasteiger partial charge in [0.2, 0.25) is 11.8 Å². The second kappa shape index (κ2) is 11.2. The Bertz CT molecular complexity index is 583. The third kappa shape index (κ3) is 6.59. The van der Waals surface area contributed by atoms with Gasteiger partial charge in [-0.15, -0.1) is 12.4 Å². The van der Waals surface area contributed by atoms with Crippen LogP contribution in [0.15, 0.2) is 18.2 Å². The van der Waals surface area contributed by atoms with Gasteiger partial charge in [0.1, 0.15) is 0 Å². The number of rotatable bonds is 7. The molecule has 7 heteroatoms. The van der Waals surface area contributed by atoms with Crippen molar-refractivity contribution in [1.29, 1.82) is 0 Å². The fourth-order valence-corrected chi connectivity index (χ4v) is 3.07. The van der Waals surface area contributed by atoms with Crippen molar-refractivity contribution in [2.45, 2.75) is 27.2 Å². The molecule has 1 aromatic carbocycles. The molecular weight excluding hydrogens is 352 g/mol. The number of carbonyl (C=O) groups is 2. The van der Waals surface area contributed by atoms with Crippen LogP contribution in [0, 0.1) is 13.8 Å². The van der Waals surface area contributed by atoms with E-state index >= 15 is 0 Å². The number of nitrogens with zero attached hydrogens (tertiary/aromatic N) is 2. The fraction of sp³-hybridized carbons (Fsp3) is 0.579. The minimum Gasteiger partial charge on any atom is -0.340 e. The molecule has 1 heterocycles. The number of likely N-dealkylation sites (N-methyl/N-ethyl adjacent to an activating group) is 1. The predicted molar refractivity (Wildman–Crippen MR) is 108 cm³/mol. The van der Waals surface area contributed by atoms with Crippen LogP contribution in [0.2, 0.25) is 0 Å². The number of hydrogen-bond acceptors (Lipinski definition) is 4. The Morgan fingerprint density at radius 1 is 1.19 bits per heavy atom. The van der Waals surface area contributed by atoms with Gasteiger partial charge in [-0.1, -0.05) is 25.1 Å². The van der Waals surface area contributed by atoms with Gasteiger partial charge in [-0.05, 0) is 31.5 Å². The van der Waals surface area contributed by atoms with E-state index in [-0.39, 0.29) is 24.2 Å². The monoisotopic (exact) mass is 382 g/mol. The molecular formula is C19H31ClN4O2. The van der Waals surface area contributed by atoms with Gasteiger partial charge >= 0.3 is 0 Å². The Morgan fingerprint density at radius 3 is 2.38 bits per heavy atom. The van der Waals surface area contributed by atoms with Crippen molar-refractivity contribution in [2.24, 2.45) is 0 Å². The van der Waals surface area contributed by atoms with Crippen molar-refractivity contribution >= 4 is 29.9 Å². The summed E-state index contributed by atoms with van der Waals surface area (Å²) in [7, 11) is 0. The van der Waals surface area contributed by atoms with Crippen LogP contribution in [0.4, 0.5) is 5.69 Å². The van der Waals surface area contributed by atoms with Crippen molar-refractivity contribution in [3.8, 4) is 0 Å². The van der Waals surface area contributed by atoms with Crippen molar-refractivity contribution < 1.29 is 9.59 Å². The first kappa shape index (κ1) is 22.4. The summed E-state index contributed by atoms with van der Waals surface area (Å²) in [5, 5.41) is 6.26. The van der Waals surface area contributed by atoms with E-state index in [0.29, 0.717) is 19.5 Å². The van der Waals surface area contributed by atoms with E-state index in [1.807, 2.05) is 48.8 Å². The molecule has 26 heavy (non-hydrogen) atoms. The van der Waals surface area contributed by atoms with Crippen LogP contribution in [0.25, 0.3) is 0 Å². The van der Waals surface area contributed by atoms with E-state index < -0.39 is 0 Å². The Balaban J connectivity index is 0.00000338. The van der Waals surface area contributed by atoms with Gasteiger partial charge in [-0.25, -0.2) is 0 Å². The molecule has 1 saturated heterocycles. The second-order valence-electron chi connectivity index (χ2n) is 6.56. The Morgan fingerprint density at radius 2 is 1.81 bits per heavy atom. The third-order valence-corrected chi connectivity index (χ3v) is 4.67. The second-order valence-corrected chi connectivity index (χ2v) is 6.56. The molecule has 0 bridgehead atoms. The lowest BCUT2D eigenvalue weighted by Crippen LogP contribution is -2.47. The normalized spacial score (nSPS) is 14.1. The zero-order valence-electron chi connectivity index (χ0n) is 16.0. The zero-order chi connectivity index (χ0) is 18.2. The van der Waals surface area contributed by atoms with Gasteiger partial charge in [0, 0.05) is 44.8 Å². The number of anilines is 1. The van der Waals surface area contributed by atoms with E-state index in [0.717, 1.165) is 49.5 Å². The summed E-state index contributed by atoms with van der Waals surface area (Å²) < 4.78 is 0. The minimum absolute atomic E-state index is 0. The molecule has 1 fully saturated rings. The maximum Gasteiger partial charge on any atom is 0.238 e. The Hall–Kier alpha value is -1.63. The van der Waals surface area contributed by atoms with Gasteiger partial charge in [-0.2, -0.15) is 0 Å². The first-order chi connectivity index (χ1) is 12.0. The minimum atomic E-state index is -0.0335. The van der Waals surface area contributed by atoms with E-state index in [9.17, 15) is 9.59 Å². The number of carbonyl (C=O) groups excluding carboxylic acids is 2. The fourth-order valence-electron chi connectivity index (χ4n) is 3.07. The van der Waals surface area contributed by atoms with Crippen LogP contribution in [0.3, 0.4) is 0 Å². The molecule has 0 radical (unpaired) electrons. The van der Waals surface area contributed by atoms with Crippen LogP contribution in [0.1, 0.15) is 24.5 Å². The van der Waals surface area contributed by atoms with E-state index in [2.05, 4.69) is 10.6 Å². The van der Waals surface area contributed by atoms with Crippen molar-refractivity contribution in [2.75, 3.05) is 51.1 Å². The van der Waals surface area contributed by atoms with Gasteiger partial charge in [0.25, 0.3) is 0 Å². The molecule has 0 unspecified atom stereocenters. The molecule has 2 N–H and O–H groups in total. The number of hydrogen-bond donors (Lipinski definition) is 2. The predicted octanol–water partition coefficient (Wildman–Crippen LogP) is 1.81. The third-order valence-electron chi connectivity index (χ3n) is 4.67. The summed E-state index contributed by atoms with van der Waals surface area (Å²) >= 11 is 0. The average molecular weight is 383 g/mol. The molecule has 0 atom stereocenters. The highest BCUT2D eigenvalue weighted by Crippen LogP contribution is 2.19. The standard InChI is InChI=1S/C19H30N4O2.ClH/c1-4-22(11-8-18(25)23-12-9-20-10-13-23)14-17(24)21-19-15(2)6-5-7-16(19)3;/h5-7,20H,4,8-14H2,1-3H3,(H,21,24);1H. The van der Waals surface area contributed by atoms with Crippen LogP contribution in [-0.4, -0.2) is 67.4 Å². The molecule has 0 spiro atoms. The number of halogens is 1. The van der Waals surface area contributed by atoms with E-state index in [1.54, 1.807) is 0 Å². The van der Waals surface area contributed by atoms with Gasteiger partial charge in [0.15, 0.2) is 0 Å². The highest BCUT2D eigenvalue weighted by Gasteiger charge is 2.18. The van der Waals surface area contributed by atoms with Crippen molar-refractivity contribution in [3.63, 3.8) is 0 Å². The quantitative estimate of drug-likeness (QED) is 0.754. The summed E-state index contributed by atoms with van der Waals surface area (Å²) in [6.45, 7) is 10.9. The largest absolute Gasteiger partial charge is 0.340 e. The highest BCUT2D eigenvalue weighted by molar-refractivity contribution is 5.93.